The monoisotopic (exact) mass is 221 g/mol. The highest BCUT2D eigenvalue weighted by atomic mass is 16.5. The first-order valence-electron chi connectivity index (χ1n) is 5.29. The molecule has 86 valence electrons. The molecule has 0 aromatic heterocycles. The maximum atomic E-state index is 11.0. The minimum absolute atomic E-state index is 0.268. The molecule has 1 heterocycles. The molecule has 0 aliphatic carbocycles. The van der Waals surface area contributed by atoms with Gasteiger partial charge in [-0.15, -0.1) is 0 Å². The zero-order valence-corrected chi connectivity index (χ0v) is 8.98. The molecule has 1 fully saturated rings. The van der Waals surface area contributed by atoms with Crippen LogP contribution in [-0.4, -0.2) is 30.8 Å². The lowest BCUT2D eigenvalue weighted by atomic mass is 9.83. The maximum absolute atomic E-state index is 11.0. The number of ether oxygens (including phenoxy) is 1. The zero-order valence-electron chi connectivity index (χ0n) is 8.98. The molecule has 1 saturated heterocycles. The Kier molecular flexibility index (Phi) is 3.22. The Morgan fingerprint density at radius 1 is 1.38 bits per heavy atom. The molecule has 4 nitrogen and oxygen atoms in total. The molecule has 1 aliphatic heterocycles. The number of carbonyl (C=O) groups is 1. The van der Waals surface area contributed by atoms with Crippen molar-refractivity contribution in [2.24, 2.45) is 5.41 Å². The van der Waals surface area contributed by atoms with Gasteiger partial charge in [0.2, 0.25) is 0 Å². The van der Waals surface area contributed by atoms with Gasteiger partial charge in [0.1, 0.15) is 5.41 Å². The second-order valence-electron chi connectivity index (χ2n) is 4.17. The van der Waals surface area contributed by atoms with Gasteiger partial charge >= 0.3 is 5.97 Å². The first-order valence-corrected chi connectivity index (χ1v) is 5.29. The summed E-state index contributed by atoms with van der Waals surface area (Å²) in [7, 11) is 0. The van der Waals surface area contributed by atoms with Gasteiger partial charge < -0.3 is 15.2 Å². The molecule has 1 aliphatic rings. The number of carboxylic acids is 1. The van der Waals surface area contributed by atoms with E-state index in [-0.39, 0.29) is 6.61 Å². The molecule has 4 heteroatoms. The van der Waals surface area contributed by atoms with E-state index in [1.165, 1.54) is 0 Å². The van der Waals surface area contributed by atoms with Crippen molar-refractivity contribution in [3.05, 3.63) is 35.9 Å². The van der Waals surface area contributed by atoms with Crippen LogP contribution >= 0.6 is 0 Å². The average Bonchev–Trinajstić information content (AvgIpc) is 2.23. The van der Waals surface area contributed by atoms with Crippen molar-refractivity contribution in [2.75, 3.05) is 19.7 Å². The van der Waals surface area contributed by atoms with Crippen LogP contribution < -0.4 is 5.32 Å². The molecule has 1 aromatic rings. The van der Waals surface area contributed by atoms with Gasteiger partial charge in [-0.25, -0.2) is 0 Å². The fourth-order valence-corrected chi connectivity index (χ4v) is 1.68. The third kappa shape index (κ3) is 2.23. The summed E-state index contributed by atoms with van der Waals surface area (Å²) in [5, 5.41) is 12.0. The molecule has 0 spiro atoms. The fraction of sp³-hybridized carbons (Fsp3) is 0.417. The average molecular weight is 221 g/mol. The Bertz CT molecular complexity index is 360. The fourth-order valence-electron chi connectivity index (χ4n) is 1.68. The van der Waals surface area contributed by atoms with Crippen molar-refractivity contribution < 1.29 is 14.6 Å². The molecule has 0 radical (unpaired) electrons. The summed E-state index contributed by atoms with van der Waals surface area (Å²) in [4.78, 5) is 11.0. The minimum Gasteiger partial charge on any atom is -0.481 e. The van der Waals surface area contributed by atoms with E-state index in [0.29, 0.717) is 19.7 Å². The quantitative estimate of drug-likeness (QED) is 0.775. The van der Waals surface area contributed by atoms with Crippen molar-refractivity contribution in [1.29, 1.82) is 0 Å². The summed E-state index contributed by atoms with van der Waals surface area (Å²) < 4.78 is 5.47. The van der Waals surface area contributed by atoms with Crippen LogP contribution in [0.2, 0.25) is 0 Å². The summed E-state index contributed by atoms with van der Waals surface area (Å²) in [5.74, 6) is -0.778. The number of aliphatic carboxylic acids is 1. The van der Waals surface area contributed by atoms with Crippen LogP contribution in [0.4, 0.5) is 0 Å². The highest BCUT2D eigenvalue weighted by Gasteiger charge is 2.44. The van der Waals surface area contributed by atoms with Gasteiger partial charge in [0.05, 0.1) is 13.2 Å². The first-order chi connectivity index (χ1) is 7.73. The van der Waals surface area contributed by atoms with Gasteiger partial charge in [0, 0.05) is 13.1 Å². The van der Waals surface area contributed by atoms with Crippen LogP contribution in [-0.2, 0) is 16.1 Å². The highest BCUT2D eigenvalue weighted by molar-refractivity contribution is 5.76. The predicted octanol–water partition coefficient (Wildman–Crippen LogP) is 0.877. The van der Waals surface area contributed by atoms with Gasteiger partial charge in [-0.05, 0) is 5.56 Å². The lowest BCUT2D eigenvalue weighted by molar-refractivity contribution is -0.157. The number of hydrogen-bond donors (Lipinski definition) is 2. The topological polar surface area (TPSA) is 58.6 Å². The van der Waals surface area contributed by atoms with E-state index in [1.807, 2.05) is 30.3 Å². The van der Waals surface area contributed by atoms with Gasteiger partial charge in [0.25, 0.3) is 0 Å². The molecule has 2 rings (SSSR count). The smallest absolute Gasteiger partial charge is 0.314 e. The number of carboxylic acid groups (broad SMARTS) is 1. The van der Waals surface area contributed by atoms with Crippen molar-refractivity contribution in [3.63, 3.8) is 0 Å². The minimum atomic E-state index is -0.778. The van der Waals surface area contributed by atoms with Gasteiger partial charge in [-0.1, -0.05) is 30.3 Å². The van der Waals surface area contributed by atoms with E-state index < -0.39 is 11.4 Å². The van der Waals surface area contributed by atoms with Crippen LogP contribution in [0.15, 0.2) is 30.3 Å². The normalized spacial score (nSPS) is 17.8. The Morgan fingerprint density at radius 2 is 2.06 bits per heavy atom. The van der Waals surface area contributed by atoms with Gasteiger partial charge in [-0.3, -0.25) is 4.79 Å². The van der Waals surface area contributed by atoms with Crippen molar-refractivity contribution in [1.82, 2.24) is 5.32 Å². The van der Waals surface area contributed by atoms with E-state index in [4.69, 9.17) is 9.84 Å². The molecule has 0 amide bonds. The van der Waals surface area contributed by atoms with E-state index in [1.54, 1.807) is 0 Å². The summed E-state index contributed by atoms with van der Waals surface area (Å²) in [6.07, 6.45) is 0. The van der Waals surface area contributed by atoms with E-state index in [2.05, 4.69) is 5.32 Å². The van der Waals surface area contributed by atoms with Crippen molar-refractivity contribution in [3.8, 4) is 0 Å². The van der Waals surface area contributed by atoms with Gasteiger partial charge in [0.15, 0.2) is 0 Å². The molecular formula is C12H15NO3. The third-order valence-corrected chi connectivity index (χ3v) is 2.87. The van der Waals surface area contributed by atoms with E-state index in [0.717, 1.165) is 5.56 Å². The summed E-state index contributed by atoms with van der Waals surface area (Å²) >= 11 is 0. The number of rotatable bonds is 5. The zero-order chi connectivity index (χ0) is 11.4. The Hall–Kier alpha value is -1.39. The number of hydrogen-bond acceptors (Lipinski definition) is 3. The molecule has 0 atom stereocenters. The van der Waals surface area contributed by atoms with Crippen LogP contribution in [0, 0.1) is 5.41 Å². The van der Waals surface area contributed by atoms with Gasteiger partial charge in [-0.2, -0.15) is 0 Å². The van der Waals surface area contributed by atoms with Crippen LogP contribution in [0.5, 0.6) is 0 Å². The molecule has 16 heavy (non-hydrogen) atoms. The summed E-state index contributed by atoms with van der Waals surface area (Å²) in [6, 6.07) is 9.75. The SMILES string of the molecule is O=C(O)C1(COCc2ccccc2)CNC1. The molecule has 0 saturated carbocycles. The second kappa shape index (κ2) is 4.63. The summed E-state index contributed by atoms with van der Waals surface area (Å²) in [5.41, 5.74) is 0.352. The first kappa shape index (κ1) is 11.1. The van der Waals surface area contributed by atoms with E-state index in [9.17, 15) is 4.79 Å². The van der Waals surface area contributed by atoms with Crippen LogP contribution in [0.1, 0.15) is 5.56 Å². The maximum Gasteiger partial charge on any atom is 0.314 e. The molecule has 1 aromatic carbocycles. The Labute approximate surface area is 94.2 Å². The number of benzene rings is 1. The Balaban J connectivity index is 1.82. The van der Waals surface area contributed by atoms with E-state index >= 15 is 0 Å². The predicted molar refractivity (Wildman–Crippen MR) is 59.0 cm³/mol. The second-order valence-corrected chi connectivity index (χ2v) is 4.17. The third-order valence-electron chi connectivity index (χ3n) is 2.87. The largest absolute Gasteiger partial charge is 0.481 e. The molecular weight excluding hydrogens is 206 g/mol. The lowest BCUT2D eigenvalue weighted by Crippen LogP contribution is -2.60. The highest BCUT2D eigenvalue weighted by Crippen LogP contribution is 2.23. The Morgan fingerprint density at radius 3 is 2.56 bits per heavy atom. The molecule has 0 bridgehead atoms. The lowest BCUT2D eigenvalue weighted by Gasteiger charge is -2.38. The summed E-state index contributed by atoms with van der Waals surface area (Å²) in [6.45, 7) is 1.73. The van der Waals surface area contributed by atoms with Crippen molar-refractivity contribution >= 4 is 5.97 Å². The van der Waals surface area contributed by atoms with Crippen LogP contribution in [0.3, 0.4) is 0 Å². The molecule has 0 unspecified atom stereocenters. The number of nitrogens with one attached hydrogen (secondary N) is 1. The molecule has 2 N–H and O–H groups in total. The van der Waals surface area contributed by atoms with Crippen LogP contribution in [0.25, 0.3) is 0 Å². The van der Waals surface area contributed by atoms with Crippen molar-refractivity contribution in [2.45, 2.75) is 6.61 Å². The standard InChI is InChI=1S/C12H15NO3/c14-11(15)12(7-13-8-12)9-16-6-10-4-2-1-3-5-10/h1-5,13H,6-9H2,(H,14,15).